The number of alkyl halides is 3. The Balaban J connectivity index is 2.82. The minimum absolute atomic E-state index is 0.225. The topological polar surface area (TPSA) is 20.2 Å². The Hall–Kier alpha value is -0.0900. The van der Waals surface area contributed by atoms with Crippen molar-refractivity contribution in [2.45, 2.75) is 17.9 Å². The van der Waals surface area contributed by atoms with Crippen LogP contribution in [0.2, 0.25) is 10.0 Å². The zero-order valence-corrected chi connectivity index (χ0v) is 9.62. The zero-order chi connectivity index (χ0) is 11.6. The monoisotopic (exact) mass is 274 g/mol. The molecule has 1 N–H and O–H groups in total. The summed E-state index contributed by atoms with van der Waals surface area (Å²) in [6.07, 6.45) is -2.30. The molecule has 1 unspecified atom stereocenters. The second-order valence-electron chi connectivity index (χ2n) is 3.00. The number of rotatable bonds is 3. The van der Waals surface area contributed by atoms with Gasteiger partial charge in [-0.2, -0.15) is 8.78 Å². The highest BCUT2D eigenvalue weighted by atomic mass is 35.5. The number of hydrogen-bond donors (Lipinski definition) is 1. The van der Waals surface area contributed by atoms with Crippen LogP contribution >= 0.6 is 34.8 Å². The number of hydrogen-bond acceptors (Lipinski definition) is 1. The highest BCUT2D eigenvalue weighted by Gasteiger charge is 2.35. The van der Waals surface area contributed by atoms with Gasteiger partial charge in [-0.05, 0) is 29.3 Å². The van der Waals surface area contributed by atoms with Crippen molar-refractivity contribution in [2.24, 2.45) is 0 Å². The molecule has 1 aromatic carbocycles. The summed E-state index contributed by atoms with van der Waals surface area (Å²) in [6.45, 7) is 0. The SMILES string of the molecule is OC(Cc1ccc(Cl)cc1Cl)C(F)(F)Cl. The fraction of sp³-hybridized carbons (Fsp3) is 0.333. The predicted molar refractivity (Wildman–Crippen MR) is 57.0 cm³/mol. The summed E-state index contributed by atoms with van der Waals surface area (Å²) >= 11 is 16.0. The third-order valence-electron chi connectivity index (χ3n) is 1.81. The second-order valence-corrected chi connectivity index (χ2v) is 4.34. The minimum Gasteiger partial charge on any atom is -0.385 e. The van der Waals surface area contributed by atoms with E-state index in [0.717, 1.165) is 0 Å². The fourth-order valence-electron chi connectivity index (χ4n) is 1.01. The average Bonchev–Trinajstić information content (AvgIpc) is 2.08. The normalized spacial score (nSPS) is 14.0. The predicted octanol–water partition coefficient (Wildman–Crippen LogP) is 3.73. The van der Waals surface area contributed by atoms with E-state index in [9.17, 15) is 8.78 Å². The number of benzene rings is 1. The molecule has 0 radical (unpaired) electrons. The molecule has 6 heteroatoms. The Kier molecular flexibility index (Phi) is 4.18. The Bertz CT molecular complexity index is 352. The van der Waals surface area contributed by atoms with Crippen molar-refractivity contribution in [3.05, 3.63) is 33.8 Å². The van der Waals surface area contributed by atoms with Crippen molar-refractivity contribution < 1.29 is 13.9 Å². The number of aliphatic hydroxyl groups is 1. The molecule has 1 nitrogen and oxygen atoms in total. The van der Waals surface area contributed by atoms with Crippen molar-refractivity contribution in [1.29, 1.82) is 0 Å². The standard InChI is InChI=1S/C9H7Cl3F2O/c10-6-2-1-5(7(11)4-6)3-8(15)9(12,13)14/h1-2,4,8,15H,3H2. The Morgan fingerprint density at radius 3 is 2.40 bits per heavy atom. The molecule has 0 heterocycles. The van der Waals surface area contributed by atoms with Crippen LogP contribution in [-0.2, 0) is 6.42 Å². The van der Waals surface area contributed by atoms with Crippen LogP contribution in [0.4, 0.5) is 8.78 Å². The van der Waals surface area contributed by atoms with Gasteiger partial charge >= 0.3 is 5.38 Å². The molecule has 0 saturated carbocycles. The van der Waals surface area contributed by atoms with Crippen LogP contribution < -0.4 is 0 Å². The smallest absolute Gasteiger partial charge is 0.347 e. The van der Waals surface area contributed by atoms with E-state index in [4.69, 9.17) is 28.3 Å². The van der Waals surface area contributed by atoms with Crippen molar-refractivity contribution in [3.63, 3.8) is 0 Å². The Morgan fingerprint density at radius 2 is 1.93 bits per heavy atom. The molecule has 1 rings (SSSR count). The summed E-state index contributed by atoms with van der Waals surface area (Å²) in [7, 11) is 0. The molecule has 0 fully saturated rings. The van der Waals surface area contributed by atoms with E-state index < -0.39 is 11.5 Å². The summed E-state index contributed by atoms with van der Waals surface area (Å²) < 4.78 is 24.9. The van der Waals surface area contributed by atoms with Gasteiger partial charge in [0.25, 0.3) is 0 Å². The van der Waals surface area contributed by atoms with E-state index in [1.165, 1.54) is 18.2 Å². The van der Waals surface area contributed by atoms with E-state index in [0.29, 0.717) is 10.6 Å². The molecule has 84 valence electrons. The molecular weight excluding hydrogens is 268 g/mol. The quantitative estimate of drug-likeness (QED) is 0.834. The molecule has 1 aromatic rings. The van der Waals surface area contributed by atoms with Crippen LogP contribution in [0.15, 0.2) is 18.2 Å². The minimum atomic E-state index is -3.66. The van der Waals surface area contributed by atoms with Crippen molar-refractivity contribution in [1.82, 2.24) is 0 Å². The lowest BCUT2D eigenvalue weighted by atomic mass is 10.1. The molecule has 0 aliphatic carbocycles. The maximum atomic E-state index is 12.5. The molecule has 0 bridgehead atoms. The second kappa shape index (κ2) is 4.83. The van der Waals surface area contributed by atoms with Crippen molar-refractivity contribution in [2.75, 3.05) is 0 Å². The molecular formula is C9H7Cl3F2O. The summed E-state index contributed by atoms with van der Waals surface area (Å²) in [4.78, 5) is 0. The van der Waals surface area contributed by atoms with Gasteiger partial charge in [-0.3, -0.25) is 0 Å². The highest BCUT2D eigenvalue weighted by Crippen LogP contribution is 2.29. The highest BCUT2D eigenvalue weighted by molar-refractivity contribution is 6.35. The first-order valence-corrected chi connectivity index (χ1v) is 5.13. The van der Waals surface area contributed by atoms with E-state index in [2.05, 4.69) is 11.6 Å². The molecule has 0 saturated heterocycles. The molecule has 0 spiro atoms. The molecule has 0 aromatic heterocycles. The largest absolute Gasteiger partial charge is 0.385 e. The average molecular weight is 276 g/mol. The first-order valence-electron chi connectivity index (χ1n) is 3.99. The van der Waals surface area contributed by atoms with Gasteiger partial charge in [-0.15, -0.1) is 0 Å². The van der Waals surface area contributed by atoms with E-state index in [-0.39, 0.29) is 11.4 Å². The Morgan fingerprint density at radius 1 is 1.33 bits per heavy atom. The van der Waals surface area contributed by atoms with Crippen LogP contribution in [0.5, 0.6) is 0 Å². The van der Waals surface area contributed by atoms with Gasteiger partial charge in [0.05, 0.1) is 0 Å². The maximum Gasteiger partial charge on any atom is 0.347 e. The third-order valence-corrected chi connectivity index (χ3v) is 2.65. The third kappa shape index (κ3) is 3.76. The van der Waals surface area contributed by atoms with E-state index in [1.54, 1.807) is 0 Å². The van der Waals surface area contributed by atoms with Gasteiger partial charge in [0.1, 0.15) is 6.10 Å². The zero-order valence-electron chi connectivity index (χ0n) is 7.35. The van der Waals surface area contributed by atoms with E-state index >= 15 is 0 Å². The van der Waals surface area contributed by atoms with Gasteiger partial charge < -0.3 is 5.11 Å². The summed E-state index contributed by atoms with van der Waals surface area (Å²) in [5, 5.41) is 6.02. The Labute approximate surface area is 101 Å². The van der Waals surface area contributed by atoms with Crippen LogP contribution in [0.3, 0.4) is 0 Å². The van der Waals surface area contributed by atoms with Crippen LogP contribution in [0, 0.1) is 0 Å². The van der Waals surface area contributed by atoms with Gasteiger partial charge in [0.15, 0.2) is 0 Å². The molecule has 1 atom stereocenters. The first kappa shape index (κ1) is 13.0. The van der Waals surface area contributed by atoms with Gasteiger partial charge in [-0.1, -0.05) is 29.3 Å². The van der Waals surface area contributed by atoms with Gasteiger partial charge in [0, 0.05) is 16.5 Å². The summed E-state index contributed by atoms with van der Waals surface area (Å²) in [6, 6.07) is 4.38. The lowest BCUT2D eigenvalue weighted by Crippen LogP contribution is -2.29. The number of halogens is 5. The fourth-order valence-corrected chi connectivity index (χ4v) is 1.57. The summed E-state index contributed by atoms with van der Waals surface area (Å²) in [5.41, 5.74) is 0.369. The van der Waals surface area contributed by atoms with Gasteiger partial charge in [0.2, 0.25) is 0 Å². The molecule has 0 amide bonds. The van der Waals surface area contributed by atoms with Crippen LogP contribution in [-0.4, -0.2) is 16.6 Å². The molecule has 15 heavy (non-hydrogen) atoms. The van der Waals surface area contributed by atoms with Gasteiger partial charge in [-0.25, -0.2) is 0 Å². The number of aliphatic hydroxyl groups excluding tert-OH is 1. The van der Waals surface area contributed by atoms with Crippen molar-refractivity contribution >= 4 is 34.8 Å². The first-order chi connectivity index (χ1) is 6.80. The maximum absolute atomic E-state index is 12.5. The van der Waals surface area contributed by atoms with Crippen LogP contribution in [0.1, 0.15) is 5.56 Å². The molecule has 0 aliphatic rings. The van der Waals surface area contributed by atoms with E-state index in [1.807, 2.05) is 0 Å². The van der Waals surface area contributed by atoms with Crippen molar-refractivity contribution in [3.8, 4) is 0 Å². The lowest BCUT2D eigenvalue weighted by Gasteiger charge is -2.16. The lowest BCUT2D eigenvalue weighted by molar-refractivity contribution is -0.0397. The molecule has 0 aliphatic heterocycles. The van der Waals surface area contributed by atoms with Crippen LogP contribution in [0.25, 0.3) is 0 Å². The summed E-state index contributed by atoms with van der Waals surface area (Å²) in [5.74, 6) is 0.